The van der Waals surface area contributed by atoms with E-state index in [1.54, 1.807) is 38.3 Å². The van der Waals surface area contributed by atoms with Crippen molar-refractivity contribution in [3.05, 3.63) is 76.2 Å². The van der Waals surface area contributed by atoms with Crippen LogP contribution in [0.25, 0.3) is 11.1 Å². The van der Waals surface area contributed by atoms with Crippen LogP contribution in [-0.2, 0) is 0 Å². The first-order chi connectivity index (χ1) is 15.1. The van der Waals surface area contributed by atoms with E-state index < -0.39 is 16.4 Å². The van der Waals surface area contributed by atoms with Crippen molar-refractivity contribution < 1.29 is 19.2 Å². The number of benzene rings is 2. The maximum absolute atomic E-state index is 12.7. The first kappa shape index (κ1) is 22.7. The van der Waals surface area contributed by atoms with E-state index in [0.29, 0.717) is 35.5 Å². The number of nitrogens with zero attached hydrogens (tertiary/aromatic N) is 2. The van der Waals surface area contributed by atoms with E-state index in [-0.39, 0.29) is 11.3 Å². The van der Waals surface area contributed by atoms with Crippen LogP contribution in [-0.4, -0.2) is 34.3 Å². The second-order valence-electron chi connectivity index (χ2n) is 7.90. The third-order valence-corrected chi connectivity index (χ3v) is 4.70. The summed E-state index contributed by atoms with van der Waals surface area (Å²) >= 11 is 0. The summed E-state index contributed by atoms with van der Waals surface area (Å²) in [6, 6.07) is 10.6. The van der Waals surface area contributed by atoms with Crippen molar-refractivity contribution in [2.45, 2.75) is 25.9 Å². The van der Waals surface area contributed by atoms with Gasteiger partial charge in [-0.3, -0.25) is 19.9 Å². The van der Waals surface area contributed by atoms with Crippen LogP contribution < -0.4 is 11.1 Å². The summed E-state index contributed by atoms with van der Waals surface area (Å²) < 4.78 is 5.16. The number of nitrogen functional groups attached to an aromatic ring is 1. The van der Waals surface area contributed by atoms with E-state index in [1.165, 1.54) is 36.8 Å². The number of aliphatic hydroxyl groups is 1. The quantitative estimate of drug-likeness (QED) is 0.208. The number of nitrogens with one attached hydrogen (secondary N) is 1. The summed E-state index contributed by atoms with van der Waals surface area (Å²) in [5.41, 5.74) is 8.31. The molecule has 0 saturated heterocycles. The van der Waals surface area contributed by atoms with Gasteiger partial charge in [0.05, 0.1) is 23.1 Å². The standard InChI is InChI=1S/C23H24N4O5/c1-23(2,29)7-8-25-13-17-10-18(12-20(21(17)24)16-6-9-32-14-16)26-22(28)15-4-3-5-19(11-15)27(30)31/h3-6,9-14,29H,7-8,24H2,1-2H3,(H,26,28). The van der Waals surface area contributed by atoms with Gasteiger partial charge in [0.2, 0.25) is 0 Å². The molecule has 0 spiro atoms. The van der Waals surface area contributed by atoms with Crippen LogP contribution in [0.3, 0.4) is 0 Å². The predicted octanol–water partition coefficient (Wildman–Crippen LogP) is 4.27. The van der Waals surface area contributed by atoms with Crippen molar-refractivity contribution in [2.75, 3.05) is 17.6 Å². The third-order valence-electron chi connectivity index (χ3n) is 4.70. The Morgan fingerprint density at radius 3 is 2.75 bits per heavy atom. The Balaban J connectivity index is 1.92. The minimum absolute atomic E-state index is 0.154. The first-order valence-electron chi connectivity index (χ1n) is 9.88. The lowest BCUT2D eigenvalue weighted by Gasteiger charge is -2.15. The number of rotatable bonds is 8. The molecule has 0 radical (unpaired) electrons. The number of aliphatic imine (C=N–C) groups is 1. The number of hydrogen-bond donors (Lipinski definition) is 3. The van der Waals surface area contributed by atoms with Gasteiger partial charge in [-0.2, -0.15) is 0 Å². The molecule has 9 heteroatoms. The lowest BCUT2D eigenvalue weighted by molar-refractivity contribution is -0.384. The Kier molecular flexibility index (Phi) is 6.70. The van der Waals surface area contributed by atoms with Gasteiger partial charge in [-0.15, -0.1) is 0 Å². The van der Waals surface area contributed by atoms with Gasteiger partial charge >= 0.3 is 0 Å². The molecule has 0 aliphatic rings. The summed E-state index contributed by atoms with van der Waals surface area (Å²) in [4.78, 5) is 27.5. The van der Waals surface area contributed by atoms with Gasteiger partial charge < -0.3 is 20.6 Å². The third kappa shape index (κ3) is 5.79. The molecule has 1 heterocycles. The summed E-state index contributed by atoms with van der Waals surface area (Å²) in [6.07, 6.45) is 5.11. The van der Waals surface area contributed by atoms with Crippen molar-refractivity contribution in [3.8, 4) is 11.1 Å². The fraction of sp³-hybridized carbons (Fsp3) is 0.217. The average molecular weight is 436 g/mol. The van der Waals surface area contributed by atoms with Crippen LogP contribution in [0.4, 0.5) is 17.1 Å². The summed E-state index contributed by atoms with van der Waals surface area (Å²) in [7, 11) is 0. The van der Waals surface area contributed by atoms with Crippen molar-refractivity contribution in [1.29, 1.82) is 0 Å². The van der Waals surface area contributed by atoms with Gasteiger partial charge in [-0.25, -0.2) is 0 Å². The van der Waals surface area contributed by atoms with Crippen LogP contribution in [0, 0.1) is 10.1 Å². The lowest BCUT2D eigenvalue weighted by atomic mass is 10.0. The monoisotopic (exact) mass is 436 g/mol. The molecule has 32 heavy (non-hydrogen) atoms. The molecule has 0 saturated carbocycles. The zero-order chi connectivity index (χ0) is 23.3. The van der Waals surface area contributed by atoms with E-state index in [4.69, 9.17) is 10.2 Å². The summed E-state index contributed by atoms with van der Waals surface area (Å²) in [6.45, 7) is 3.81. The number of nitro benzene ring substituents is 1. The first-order valence-corrected chi connectivity index (χ1v) is 9.88. The minimum atomic E-state index is -0.834. The topological polar surface area (TPSA) is 144 Å². The number of amides is 1. The molecule has 2 aromatic carbocycles. The number of hydrogen-bond acceptors (Lipinski definition) is 7. The van der Waals surface area contributed by atoms with E-state index in [1.807, 2.05) is 0 Å². The van der Waals surface area contributed by atoms with Gasteiger partial charge in [0.15, 0.2) is 0 Å². The largest absolute Gasteiger partial charge is 0.472 e. The Hall–Kier alpha value is -3.98. The van der Waals surface area contributed by atoms with Crippen LogP contribution in [0.2, 0.25) is 0 Å². The Labute approximate surface area is 184 Å². The van der Waals surface area contributed by atoms with Gasteiger partial charge in [0.1, 0.15) is 0 Å². The summed E-state index contributed by atoms with van der Waals surface area (Å²) in [5, 5.41) is 23.6. The van der Waals surface area contributed by atoms with Crippen LogP contribution in [0.15, 0.2) is 64.4 Å². The highest BCUT2D eigenvalue weighted by Crippen LogP contribution is 2.32. The van der Waals surface area contributed by atoms with Gasteiger partial charge in [0.25, 0.3) is 11.6 Å². The fourth-order valence-corrected chi connectivity index (χ4v) is 2.98. The molecule has 0 unspecified atom stereocenters. The van der Waals surface area contributed by atoms with Gasteiger partial charge in [-0.05, 0) is 44.5 Å². The number of anilines is 2. The van der Waals surface area contributed by atoms with Crippen molar-refractivity contribution in [2.24, 2.45) is 4.99 Å². The van der Waals surface area contributed by atoms with E-state index >= 15 is 0 Å². The normalized spacial score (nSPS) is 11.6. The molecule has 1 aromatic heterocycles. The van der Waals surface area contributed by atoms with Crippen molar-refractivity contribution >= 4 is 29.2 Å². The molecule has 0 fully saturated rings. The molecule has 0 bridgehead atoms. The number of carbonyl (C=O) groups excluding carboxylic acids is 1. The molecule has 4 N–H and O–H groups in total. The number of carbonyl (C=O) groups is 1. The van der Waals surface area contributed by atoms with Crippen molar-refractivity contribution in [3.63, 3.8) is 0 Å². The molecule has 9 nitrogen and oxygen atoms in total. The highest BCUT2D eigenvalue weighted by atomic mass is 16.6. The number of non-ortho nitro benzene ring substituents is 1. The maximum Gasteiger partial charge on any atom is 0.270 e. The fourth-order valence-electron chi connectivity index (χ4n) is 2.98. The van der Waals surface area contributed by atoms with Crippen LogP contribution >= 0.6 is 0 Å². The molecule has 3 aromatic rings. The average Bonchev–Trinajstić information content (AvgIpc) is 3.27. The Morgan fingerprint density at radius 2 is 2.09 bits per heavy atom. The second-order valence-corrected chi connectivity index (χ2v) is 7.90. The highest BCUT2D eigenvalue weighted by Gasteiger charge is 2.15. The lowest BCUT2D eigenvalue weighted by Crippen LogP contribution is -2.19. The zero-order valence-electron chi connectivity index (χ0n) is 17.7. The predicted molar refractivity (Wildman–Crippen MR) is 123 cm³/mol. The Morgan fingerprint density at radius 1 is 1.31 bits per heavy atom. The van der Waals surface area contributed by atoms with Gasteiger partial charge in [0, 0.05) is 58.5 Å². The van der Waals surface area contributed by atoms with Crippen LogP contribution in [0.5, 0.6) is 0 Å². The minimum Gasteiger partial charge on any atom is -0.472 e. The van der Waals surface area contributed by atoms with E-state index in [0.717, 1.165) is 5.56 Å². The molecule has 0 aliphatic heterocycles. The second kappa shape index (κ2) is 9.44. The maximum atomic E-state index is 12.7. The molecule has 3 rings (SSSR count). The molecule has 0 aliphatic carbocycles. The molecule has 0 atom stereocenters. The highest BCUT2D eigenvalue weighted by molar-refractivity contribution is 6.06. The number of nitro groups is 1. The zero-order valence-corrected chi connectivity index (χ0v) is 17.7. The van der Waals surface area contributed by atoms with Crippen molar-refractivity contribution in [1.82, 2.24) is 0 Å². The molecule has 1 amide bonds. The molecule has 166 valence electrons. The van der Waals surface area contributed by atoms with E-state index in [9.17, 15) is 20.0 Å². The summed E-state index contributed by atoms with van der Waals surface area (Å²) in [5.74, 6) is -0.499. The molecular weight excluding hydrogens is 412 g/mol. The Bertz CT molecular complexity index is 1150. The number of nitrogens with two attached hydrogens (primary N) is 1. The smallest absolute Gasteiger partial charge is 0.270 e. The van der Waals surface area contributed by atoms with E-state index in [2.05, 4.69) is 10.3 Å². The number of furan rings is 1. The molecular formula is C23H24N4O5. The SMILES string of the molecule is CC(C)(O)CCN=Cc1cc(NC(=O)c2cccc([N+](=O)[O-])c2)cc(-c2ccoc2)c1N. The van der Waals surface area contributed by atoms with Gasteiger partial charge in [-0.1, -0.05) is 6.07 Å². The van der Waals surface area contributed by atoms with Crippen LogP contribution in [0.1, 0.15) is 36.2 Å².